The summed E-state index contributed by atoms with van der Waals surface area (Å²) < 4.78 is 5.07. The Morgan fingerprint density at radius 1 is 1.21 bits per heavy atom. The van der Waals surface area contributed by atoms with Crippen LogP contribution in [0.2, 0.25) is 0 Å². The molecule has 2 amide bonds. The maximum Gasteiger partial charge on any atom is 0.407 e. The van der Waals surface area contributed by atoms with Crippen molar-refractivity contribution in [2.45, 2.75) is 45.0 Å². The molecule has 2 unspecified atom stereocenters. The zero-order valence-electron chi connectivity index (χ0n) is 14.1. The molecule has 0 aliphatic heterocycles. The number of nitrogen functional groups attached to an aromatic ring is 1. The Balaban J connectivity index is 2.48. The van der Waals surface area contributed by atoms with E-state index in [9.17, 15) is 19.8 Å². The van der Waals surface area contributed by atoms with Crippen molar-refractivity contribution in [3.8, 4) is 0 Å². The summed E-state index contributed by atoms with van der Waals surface area (Å²) in [7, 11) is 0. The van der Waals surface area contributed by atoms with Gasteiger partial charge in [0.2, 0.25) is 0 Å². The molecule has 0 radical (unpaired) electrons. The summed E-state index contributed by atoms with van der Waals surface area (Å²) in [6.07, 6.45) is -2.65. The van der Waals surface area contributed by atoms with E-state index < -0.39 is 29.8 Å². The van der Waals surface area contributed by atoms with Crippen molar-refractivity contribution in [3.63, 3.8) is 0 Å². The molecule has 8 nitrogen and oxygen atoms in total. The summed E-state index contributed by atoms with van der Waals surface area (Å²) in [5, 5.41) is 22.6. The van der Waals surface area contributed by atoms with Gasteiger partial charge in [0.25, 0.3) is 5.91 Å². The van der Waals surface area contributed by atoms with E-state index >= 15 is 0 Å². The van der Waals surface area contributed by atoms with E-state index in [1.165, 1.54) is 24.3 Å². The quantitative estimate of drug-likeness (QED) is 0.293. The average Bonchev–Trinajstić information content (AvgIpc) is 2.51. The monoisotopic (exact) mass is 339 g/mol. The van der Waals surface area contributed by atoms with Crippen molar-refractivity contribution in [2.24, 2.45) is 5.84 Å². The molecule has 0 saturated carbocycles. The Hall–Kier alpha value is -2.16. The number of nitrogens with two attached hydrogens (primary N) is 1. The molecule has 0 aliphatic carbocycles. The van der Waals surface area contributed by atoms with Crippen LogP contribution in [0, 0.1) is 0 Å². The summed E-state index contributed by atoms with van der Waals surface area (Å²) in [5.74, 6) is 4.59. The number of rotatable bonds is 6. The molecular formula is C16H25N3O5. The highest BCUT2D eigenvalue weighted by Crippen LogP contribution is 2.19. The highest BCUT2D eigenvalue weighted by atomic mass is 16.6. The van der Waals surface area contributed by atoms with Crippen molar-refractivity contribution < 1.29 is 24.5 Å². The highest BCUT2D eigenvalue weighted by Gasteiger charge is 2.20. The molecule has 0 bridgehead atoms. The number of ether oxygens (including phenoxy) is 1. The minimum Gasteiger partial charge on any atom is -0.444 e. The minimum absolute atomic E-state index is 0.144. The van der Waals surface area contributed by atoms with Crippen molar-refractivity contribution >= 4 is 12.0 Å². The number of hydrogen-bond donors (Lipinski definition) is 5. The number of hydrazine groups is 1. The van der Waals surface area contributed by atoms with E-state index in [1.54, 1.807) is 20.8 Å². The zero-order valence-corrected chi connectivity index (χ0v) is 14.1. The molecule has 134 valence electrons. The lowest BCUT2D eigenvalue weighted by atomic mass is 10.0. The molecule has 0 aromatic heterocycles. The van der Waals surface area contributed by atoms with Crippen LogP contribution < -0.4 is 16.6 Å². The average molecular weight is 339 g/mol. The highest BCUT2D eigenvalue weighted by molar-refractivity contribution is 5.93. The molecule has 0 spiro atoms. The van der Waals surface area contributed by atoms with Gasteiger partial charge in [-0.1, -0.05) is 12.1 Å². The van der Waals surface area contributed by atoms with Gasteiger partial charge < -0.3 is 20.3 Å². The van der Waals surface area contributed by atoms with Crippen LogP contribution in [-0.4, -0.2) is 40.5 Å². The molecule has 0 fully saturated rings. The second kappa shape index (κ2) is 8.62. The van der Waals surface area contributed by atoms with Gasteiger partial charge in [-0.15, -0.1) is 0 Å². The summed E-state index contributed by atoms with van der Waals surface area (Å²) in [4.78, 5) is 22.8. The van der Waals surface area contributed by atoms with Crippen LogP contribution in [0.15, 0.2) is 24.3 Å². The third kappa shape index (κ3) is 6.53. The second-order valence-corrected chi connectivity index (χ2v) is 6.32. The van der Waals surface area contributed by atoms with Crippen LogP contribution in [0.3, 0.4) is 0 Å². The lowest BCUT2D eigenvalue weighted by Gasteiger charge is -2.21. The van der Waals surface area contributed by atoms with E-state index in [1.807, 2.05) is 5.43 Å². The first-order chi connectivity index (χ1) is 11.1. The molecule has 0 saturated heterocycles. The maximum absolute atomic E-state index is 11.5. The molecule has 1 aromatic carbocycles. The molecular weight excluding hydrogens is 314 g/mol. The van der Waals surface area contributed by atoms with Gasteiger partial charge in [0.05, 0.1) is 6.10 Å². The third-order valence-electron chi connectivity index (χ3n) is 3.12. The number of alkyl carbamates (subject to hydrolysis) is 1. The molecule has 2 atom stereocenters. The fourth-order valence-corrected chi connectivity index (χ4v) is 1.93. The first kappa shape index (κ1) is 19.9. The van der Waals surface area contributed by atoms with Gasteiger partial charge in [-0.3, -0.25) is 10.2 Å². The van der Waals surface area contributed by atoms with E-state index in [2.05, 4.69) is 5.32 Å². The van der Waals surface area contributed by atoms with Crippen molar-refractivity contribution in [1.82, 2.24) is 10.7 Å². The van der Waals surface area contributed by atoms with Crippen molar-refractivity contribution in [1.29, 1.82) is 0 Å². The number of carbonyl (C=O) groups is 2. The standard InChI is InChI=1S/C16H25N3O5/c1-16(2,3)24-15(23)18-9-8-12(20)13(21)10-4-6-11(7-5-10)14(22)19-17/h4-7,12-13,20-21H,8-9,17H2,1-3H3,(H,18,23)(H,19,22). The Morgan fingerprint density at radius 3 is 2.29 bits per heavy atom. The number of nitrogens with one attached hydrogen (secondary N) is 2. The van der Waals surface area contributed by atoms with Crippen LogP contribution in [-0.2, 0) is 4.74 Å². The van der Waals surface area contributed by atoms with Crippen LogP contribution in [0.5, 0.6) is 0 Å². The first-order valence-electron chi connectivity index (χ1n) is 7.58. The van der Waals surface area contributed by atoms with Gasteiger partial charge in [-0.25, -0.2) is 10.6 Å². The summed E-state index contributed by atoms with van der Waals surface area (Å²) >= 11 is 0. The number of aliphatic hydroxyl groups excluding tert-OH is 2. The van der Waals surface area contributed by atoms with E-state index in [0.29, 0.717) is 11.1 Å². The van der Waals surface area contributed by atoms with Crippen LogP contribution >= 0.6 is 0 Å². The smallest absolute Gasteiger partial charge is 0.407 e. The van der Waals surface area contributed by atoms with E-state index in [0.717, 1.165) is 0 Å². The Kier molecular flexibility index (Phi) is 7.15. The molecule has 0 heterocycles. The van der Waals surface area contributed by atoms with Gasteiger partial charge in [0.15, 0.2) is 0 Å². The molecule has 8 heteroatoms. The van der Waals surface area contributed by atoms with E-state index in [-0.39, 0.29) is 13.0 Å². The van der Waals surface area contributed by atoms with E-state index in [4.69, 9.17) is 10.6 Å². The Bertz CT molecular complexity index is 554. The molecule has 1 aromatic rings. The Morgan fingerprint density at radius 2 is 1.79 bits per heavy atom. The molecule has 6 N–H and O–H groups in total. The fraction of sp³-hybridized carbons (Fsp3) is 0.500. The predicted molar refractivity (Wildman–Crippen MR) is 87.9 cm³/mol. The summed E-state index contributed by atoms with van der Waals surface area (Å²) in [5.41, 5.74) is 2.20. The van der Waals surface area contributed by atoms with Crippen molar-refractivity contribution in [2.75, 3.05) is 6.54 Å². The van der Waals surface area contributed by atoms with Crippen LogP contribution in [0.25, 0.3) is 0 Å². The molecule has 24 heavy (non-hydrogen) atoms. The lowest BCUT2D eigenvalue weighted by Crippen LogP contribution is -2.34. The van der Waals surface area contributed by atoms with Crippen LogP contribution in [0.1, 0.15) is 49.2 Å². The topological polar surface area (TPSA) is 134 Å². The molecule has 0 aliphatic rings. The van der Waals surface area contributed by atoms with Gasteiger partial charge in [-0.05, 0) is 44.9 Å². The summed E-state index contributed by atoms with van der Waals surface area (Å²) in [6, 6.07) is 6.04. The number of benzene rings is 1. The number of aliphatic hydroxyl groups is 2. The maximum atomic E-state index is 11.5. The lowest BCUT2D eigenvalue weighted by molar-refractivity contribution is 0.0123. The fourth-order valence-electron chi connectivity index (χ4n) is 1.93. The van der Waals surface area contributed by atoms with Crippen LogP contribution in [0.4, 0.5) is 4.79 Å². The summed E-state index contributed by atoms with van der Waals surface area (Å²) in [6.45, 7) is 5.40. The van der Waals surface area contributed by atoms with Crippen molar-refractivity contribution in [3.05, 3.63) is 35.4 Å². The first-order valence-corrected chi connectivity index (χ1v) is 7.58. The molecule has 1 rings (SSSR count). The normalized spacial score (nSPS) is 13.8. The third-order valence-corrected chi connectivity index (χ3v) is 3.12. The SMILES string of the molecule is CC(C)(C)OC(=O)NCCC(O)C(O)c1ccc(C(=O)NN)cc1. The Labute approximate surface area is 141 Å². The van der Waals surface area contributed by atoms with Gasteiger partial charge in [0, 0.05) is 12.1 Å². The minimum atomic E-state index is -1.14. The largest absolute Gasteiger partial charge is 0.444 e. The zero-order chi connectivity index (χ0) is 18.3. The van der Waals surface area contributed by atoms with Gasteiger partial charge in [-0.2, -0.15) is 0 Å². The number of hydrogen-bond acceptors (Lipinski definition) is 6. The number of amides is 2. The van der Waals surface area contributed by atoms with Gasteiger partial charge >= 0.3 is 6.09 Å². The van der Waals surface area contributed by atoms with Gasteiger partial charge in [0.1, 0.15) is 11.7 Å². The predicted octanol–water partition coefficient (Wildman–Crippen LogP) is 0.599. The second-order valence-electron chi connectivity index (χ2n) is 6.32. The number of carbonyl (C=O) groups excluding carboxylic acids is 2.